The van der Waals surface area contributed by atoms with Gasteiger partial charge in [0.25, 0.3) is 0 Å². The van der Waals surface area contributed by atoms with Crippen LogP contribution in [0.15, 0.2) is 60.7 Å². The van der Waals surface area contributed by atoms with E-state index in [0.717, 1.165) is 28.1 Å². The molecule has 0 fully saturated rings. The average molecular weight is 500 g/mol. The topological polar surface area (TPSA) is 99.2 Å². The summed E-state index contributed by atoms with van der Waals surface area (Å²) < 4.78 is 9.26. The van der Waals surface area contributed by atoms with Crippen molar-refractivity contribution < 1.29 is 9.53 Å². The lowest BCUT2D eigenvalue weighted by Gasteiger charge is -2.24. The number of rotatable bonds is 5. The molecule has 180 valence electrons. The Labute approximate surface area is 211 Å². The molecule has 1 atom stereocenters. The van der Waals surface area contributed by atoms with Crippen molar-refractivity contribution in [2.45, 2.75) is 32.8 Å². The van der Waals surface area contributed by atoms with Gasteiger partial charge in [-0.15, -0.1) is 15.3 Å². The molecule has 9 nitrogen and oxygen atoms in total. The normalized spacial score (nSPS) is 15.1. The van der Waals surface area contributed by atoms with Crippen molar-refractivity contribution in [1.82, 2.24) is 29.6 Å². The van der Waals surface area contributed by atoms with Crippen molar-refractivity contribution in [2.24, 2.45) is 0 Å². The molecule has 0 unspecified atom stereocenters. The van der Waals surface area contributed by atoms with E-state index in [4.69, 9.17) is 21.4 Å². The Morgan fingerprint density at radius 3 is 2.64 bits per heavy atom. The summed E-state index contributed by atoms with van der Waals surface area (Å²) in [6, 6.07) is 19.1. The Balaban J connectivity index is 1.31. The predicted octanol–water partition coefficient (Wildman–Crippen LogP) is 4.63. The minimum atomic E-state index is -0.138. The maximum Gasteiger partial charge on any atom is 0.226 e. The molecule has 4 heterocycles. The van der Waals surface area contributed by atoms with Crippen LogP contribution in [0, 0.1) is 13.8 Å². The third-order valence-corrected chi connectivity index (χ3v) is 6.73. The largest absolute Gasteiger partial charge is 0.489 e. The number of carbonyl (C=O) groups excluding carboxylic acids is 1. The van der Waals surface area contributed by atoms with E-state index in [1.807, 2.05) is 74.5 Å². The monoisotopic (exact) mass is 499 g/mol. The van der Waals surface area contributed by atoms with Crippen LogP contribution in [-0.4, -0.2) is 35.5 Å². The van der Waals surface area contributed by atoms with Crippen molar-refractivity contribution in [3.05, 3.63) is 93.9 Å². The molecule has 10 heteroatoms. The Kier molecular flexibility index (Phi) is 5.41. The van der Waals surface area contributed by atoms with Gasteiger partial charge in [-0.2, -0.15) is 14.3 Å². The van der Waals surface area contributed by atoms with Crippen LogP contribution in [0.25, 0.3) is 11.5 Å². The van der Waals surface area contributed by atoms with E-state index in [-0.39, 0.29) is 11.8 Å². The second-order valence-electron chi connectivity index (χ2n) is 8.72. The maximum atomic E-state index is 12.8. The number of nitrogens with zero attached hydrogens (tertiary/aromatic N) is 6. The quantitative estimate of drug-likeness (QED) is 0.378. The predicted molar refractivity (Wildman–Crippen MR) is 135 cm³/mol. The van der Waals surface area contributed by atoms with Crippen LogP contribution in [0.5, 0.6) is 5.75 Å². The summed E-state index contributed by atoms with van der Waals surface area (Å²) in [5, 5.41) is 21.2. The highest BCUT2D eigenvalue weighted by atomic mass is 35.5. The first-order valence-corrected chi connectivity index (χ1v) is 11.9. The zero-order valence-electron chi connectivity index (χ0n) is 19.6. The van der Waals surface area contributed by atoms with Crippen LogP contribution < -0.4 is 10.1 Å². The Morgan fingerprint density at radius 1 is 1.03 bits per heavy atom. The molecule has 0 radical (unpaired) electrons. The van der Waals surface area contributed by atoms with Gasteiger partial charge in [-0.3, -0.25) is 4.79 Å². The number of aryl methyl sites for hydroxylation is 2. The molecule has 1 aliphatic heterocycles. The fraction of sp³-hybridized carbons (Fsp3) is 0.192. The van der Waals surface area contributed by atoms with Gasteiger partial charge in [0.1, 0.15) is 18.2 Å². The third-order valence-electron chi connectivity index (χ3n) is 6.36. The van der Waals surface area contributed by atoms with Crippen molar-refractivity contribution >= 4 is 29.0 Å². The molecule has 0 saturated carbocycles. The van der Waals surface area contributed by atoms with Gasteiger partial charge in [0, 0.05) is 28.5 Å². The first-order valence-electron chi connectivity index (χ1n) is 11.5. The fourth-order valence-corrected chi connectivity index (χ4v) is 4.76. The lowest BCUT2D eigenvalue weighted by atomic mass is 9.86. The first-order chi connectivity index (χ1) is 17.5. The van der Waals surface area contributed by atoms with Gasteiger partial charge in [0.05, 0.1) is 5.69 Å². The Bertz CT molecular complexity index is 1610. The Morgan fingerprint density at radius 2 is 1.83 bits per heavy atom. The van der Waals surface area contributed by atoms with E-state index >= 15 is 0 Å². The Hall–Kier alpha value is -4.24. The standard InChI is InChI=1S/C26H22ClN7O2/c1-15-25-20(17-7-9-19(10-8-17)36-14-18-5-3-4-6-21(18)27)13-24(35)28-26(25)34(31-15)23-12-11-22-30-29-16(2)33(22)32-23/h3-12,20H,13-14H2,1-2H3,(H,28,35)/t20-/m0/s1. The van der Waals surface area contributed by atoms with Crippen LogP contribution >= 0.6 is 11.6 Å². The van der Waals surface area contributed by atoms with E-state index in [2.05, 4.69) is 20.6 Å². The number of ether oxygens (including phenoxy) is 1. The van der Waals surface area contributed by atoms with E-state index in [1.165, 1.54) is 0 Å². The minimum Gasteiger partial charge on any atom is -0.489 e. The van der Waals surface area contributed by atoms with Crippen LogP contribution in [0.4, 0.5) is 5.82 Å². The fourth-order valence-electron chi connectivity index (χ4n) is 4.57. The minimum absolute atomic E-state index is 0.0748. The highest BCUT2D eigenvalue weighted by Crippen LogP contribution is 2.40. The van der Waals surface area contributed by atoms with Crippen molar-refractivity contribution in [3.8, 4) is 11.6 Å². The molecule has 0 spiro atoms. The second kappa shape index (κ2) is 8.76. The number of hydrogen-bond acceptors (Lipinski definition) is 6. The van der Waals surface area contributed by atoms with Crippen molar-refractivity contribution in [3.63, 3.8) is 0 Å². The summed E-state index contributed by atoms with van der Waals surface area (Å²) in [4.78, 5) is 12.8. The molecule has 6 rings (SSSR count). The van der Waals surface area contributed by atoms with Crippen LogP contribution in [0.3, 0.4) is 0 Å². The molecule has 36 heavy (non-hydrogen) atoms. The molecule has 1 N–H and O–H groups in total. The van der Waals surface area contributed by atoms with E-state index in [9.17, 15) is 4.79 Å². The summed E-state index contributed by atoms with van der Waals surface area (Å²) in [5.41, 5.74) is 4.39. The highest BCUT2D eigenvalue weighted by Gasteiger charge is 2.33. The van der Waals surface area contributed by atoms with Crippen molar-refractivity contribution in [2.75, 3.05) is 5.32 Å². The molecular weight excluding hydrogens is 478 g/mol. The van der Waals surface area contributed by atoms with Gasteiger partial charge in [-0.25, -0.2) is 0 Å². The van der Waals surface area contributed by atoms with Gasteiger partial charge in [0.15, 0.2) is 17.3 Å². The summed E-state index contributed by atoms with van der Waals surface area (Å²) in [6.45, 7) is 4.16. The first kappa shape index (κ1) is 22.2. The number of anilines is 1. The molecule has 0 saturated heterocycles. The molecule has 3 aromatic heterocycles. The SMILES string of the molecule is Cc1nn(-c2ccc3nnc(C)n3n2)c2c1[C@H](c1ccc(OCc3ccccc3Cl)cc1)CC(=O)N2. The summed E-state index contributed by atoms with van der Waals surface area (Å²) in [5.74, 6) is 2.39. The number of halogens is 1. The summed E-state index contributed by atoms with van der Waals surface area (Å²) in [7, 11) is 0. The molecule has 1 aliphatic rings. The number of aromatic nitrogens is 6. The molecule has 5 aromatic rings. The van der Waals surface area contributed by atoms with Crippen LogP contribution in [-0.2, 0) is 11.4 Å². The number of amides is 1. The zero-order chi connectivity index (χ0) is 24.8. The molecule has 1 amide bonds. The van der Waals surface area contributed by atoms with Gasteiger partial charge in [-0.1, -0.05) is 41.9 Å². The van der Waals surface area contributed by atoms with Crippen molar-refractivity contribution in [1.29, 1.82) is 0 Å². The zero-order valence-corrected chi connectivity index (χ0v) is 20.4. The third kappa shape index (κ3) is 3.87. The van der Waals surface area contributed by atoms with Gasteiger partial charge in [-0.05, 0) is 49.7 Å². The molecule has 0 bridgehead atoms. The smallest absolute Gasteiger partial charge is 0.226 e. The van der Waals surface area contributed by atoms with Gasteiger partial charge < -0.3 is 10.1 Å². The number of hydrogen-bond donors (Lipinski definition) is 1. The lowest BCUT2D eigenvalue weighted by molar-refractivity contribution is -0.116. The summed E-state index contributed by atoms with van der Waals surface area (Å²) in [6.07, 6.45) is 0.330. The number of nitrogens with one attached hydrogen (secondary N) is 1. The molecule has 0 aliphatic carbocycles. The maximum absolute atomic E-state index is 12.8. The average Bonchev–Trinajstić information content (AvgIpc) is 3.42. The van der Waals surface area contributed by atoms with Crippen LogP contribution in [0.2, 0.25) is 5.02 Å². The number of fused-ring (bicyclic) bond motifs is 2. The summed E-state index contributed by atoms with van der Waals surface area (Å²) >= 11 is 6.23. The van der Waals surface area contributed by atoms with Gasteiger partial charge >= 0.3 is 0 Å². The van der Waals surface area contributed by atoms with E-state index < -0.39 is 0 Å². The number of carbonyl (C=O) groups is 1. The van der Waals surface area contributed by atoms with E-state index in [0.29, 0.717) is 41.2 Å². The van der Waals surface area contributed by atoms with Crippen LogP contribution in [0.1, 0.15) is 40.5 Å². The van der Waals surface area contributed by atoms with E-state index in [1.54, 1.807) is 9.20 Å². The highest BCUT2D eigenvalue weighted by molar-refractivity contribution is 6.31. The van der Waals surface area contributed by atoms with Gasteiger partial charge in [0.2, 0.25) is 5.91 Å². The second-order valence-corrected chi connectivity index (χ2v) is 9.13. The lowest BCUT2D eigenvalue weighted by Crippen LogP contribution is -2.25. The molecular formula is C26H22ClN7O2. The molecule has 2 aromatic carbocycles. The number of benzene rings is 2.